The van der Waals surface area contributed by atoms with Crippen molar-refractivity contribution < 1.29 is 9.53 Å². The van der Waals surface area contributed by atoms with Crippen molar-refractivity contribution in [3.8, 4) is 5.75 Å². The Kier molecular flexibility index (Phi) is 4.75. The fraction of sp³-hybridized carbons (Fsp3) is 0.600. The lowest BCUT2D eigenvalue weighted by molar-refractivity contribution is 0.0973. The number of likely N-dealkylation sites (tertiary alicyclic amines) is 1. The molecule has 1 aromatic heterocycles. The summed E-state index contributed by atoms with van der Waals surface area (Å²) in [5, 5.41) is 5.56. The lowest BCUT2D eigenvalue weighted by Crippen LogP contribution is -2.30. The van der Waals surface area contributed by atoms with Gasteiger partial charge in [-0.1, -0.05) is 6.42 Å². The van der Waals surface area contributed by atoms with Gasteiger partial charge in [0.05, 0.1) is 6.54 Å². The first-order valence-corrected chi connectivity index (χ1v) is 9.62. The quantitative estimate of drug-likeness (QED) is 0.595. The largest absolute Gasteiger partial charge is 0.489 e. The third kappa shape index (κ3) is 3.43. The van der Waals surface area contributed by atoms with E-state index in [1.165, 1.54) is 32.4 Å². The summed E-state index contributed by atoms with van der Waals surface area (Å²) >= 11 is 0. The van der Waals surface area contributed by atoms with Crippen LogP contribution in [0, 0.1) is 6.92 Å². The van der Waals surface area contributed by atoms with E-state index in [1.807, 2.05) is 17.7 Å². The van der Waals surface area contributed by atoms with Crippen molar-refractivity contribution in [3.05, 3.63) is 23.4 Å². The normalized spacial score (nSPS) is 17.6. The smallest absolute Gasteiger partial charge is 0.183 e. The molecule has 0 atom stereocenters. The Hall–Kier alpha value is -1.88. The molecule has 5 nitrogen and oxygen atoms in total. The fourth-order valence-electron chi connectivity index (χ4n) is 4.06. The van der Waals surface area contributed by atoms with E-state index in [0.29, 0.717) is 18.7 Å². The van der Waals surface area contributed by atoms with Gasteiger partial charge in [-0.2, -0.15) is 5.10 Å². The number of aryl methyl sites for hydroxylation is 1. The number of Topliss-reactive ketones (excluding diaryl/α,β-unsaturated/α-hetero) is 1. The molecule has 25 heavy (non-hydrogen) atoms. The number of hydrogen-bond acceptors (Lipinski definition) is 4. The average Bonchev–Trinajstić information content (AvgIpc) is 2.99. The van der Waals surface area contributed by atoms with E-state index in [2.05, 4.69) is 16.1 Å². The number of benzene rings is 1. The van der Waals surface area contributed by atoms with Crippen molar-refractivity contribution in [1.29, 1.82) is 0 Å². The number of unbranched alkanes of at least 4 members (excludes halogenated alkanes) is 1. The highest BCUT2D eigenvalue weighted by Gasteiger charge is 2.22. The molecule has 0 N–H and O–H groups in total. The Balaban J connectivity index is 1.42. The summed E-state index contributed by atoms with van der Waals surface area (Å²) in [6.07, 6.45) is 6.65. The van der Waals surface area contributed by atoms with Gasteiger partial charge in [-0.25, -0.2) is 0 Å². The van der Waals surface area contributed by atoms with Crippen LogP contribution < -0.4 is 4.74 Å². The van der Waals surface area contributed by atoms with Gasteiger partial charge >= 0.3 is 0 Å². The van der Waals surface area contributed by atoms with Crippen molar-refractivity contribution in [1.82, 2.24) is 14.7 Å². The van der Waals surface area contributed by atoms with Gasteiger partial charge in [-0.3, -0.25) is 9.48 Å². The van der Waals surface area contributed by atoms with E-state index in [4.69, 9.17) is 4.74 Å². The number of carbonyl (C=O) groups is 1. The molecule has 1 saturated heterocycles. The molecule has 4 rings (SSSR count). The molecule has 0 saturated carbocycles. The Bertz CT molecular complexity index is 775. The molecule has 1 fully saturated rings. The SMILES string of the molecule is Cc1cc2c3c(c1)c(C(=O)CCCCN1CCCCC1)nn3CCO2. The van der Waals surface area contributed by atoms with Crippen LogP contribution in [0.4, 0.5) is 0 Å². The van der Waals surface area contributed by atoms with Gasteiger partial charge in [-0.15, -0.1) is 0 Å². The van der Waals surface area contributed by atoms with E-state index >= 15 is 0 Å². The molecule has 2 aliphatic heterocycles. The Morgan fingerprint density at radius 3 is 2.84 bits per heavy atom. The average molecular weight is 341 g/mol. The molecule has 1 aromatic carbocycles. The van der Waals surface area contributed by atoms with Crippen LogP contribution in [0.25, 0.3) is 10.9 Å². The van der Waals surface area contributed by atoms with Gasteiger partial charge in [0.15, 0.2) is 5.78 Å². The van der Waals surface area contributed by atoms with E-state index in [9.17, 15) is 4.79 Å². The minimum atomic E-state index is 0.167. The number of hydrogen-bond donors (Lipinski definition) is 0. The summed E-state index contributed by atoms with van der Waals surface area (Å²) in [6.45, 7) is 6.96. The fourth-order valence-corrected chi connectivity index (χ4v) is 4.06. The van der Waals surface area contributed by atoms with E-state index in [-0.39, 0.29) is 5.78 Å². The van der Waals surface area contributed by atoms with Crippen molar-refractivity contribution in [3.63, 3.8) is 0 Å². The maximum Gasteiger partial charge on any atom is 0.183 e. The summed E-state index contributed by atoms with van der Waals surface area (Å²) in [5.74, 6) is 1.03. The van der Waals surface area contributed by atoms with Crippen LogP contribution >= 0.6 is 0 Å². The van der Waals surface area contributed by atoms with Crippen LogP contribution in [0.15, 0.2) is 12.1 Å². The number of rotatable bonds is 6. The topological polar surface area (TPSA) is 47.4 Å². The molecule has 0 spiro atoms. The standard InChI is InChI=1S/C20H27N3O2/c1-15-13-16-19(21-23-11-12-25-18(14-15)20(16)23)17(24)7-3-6-10-22-8-4-2-5-9-22/h13-14H,2-12H2,1H3. The number of carbonyl (C=O) groups excluding carboxylic acids is 1. The van der Waals surface area contributed by atoms with Crippen LogP contribution in [0.1, 0.15) is 54.6 Å². The zero-order valence-electron chi connectivity index (χ0n) is 15.1. The predicted octanol–water partition coefficient (Wildman–Crippen LogP) is 3.58. The first-order valence-electron chi connectivity index (χ1n) is 9.62. The molecular weight excluding hydrogens is 314 g/mol. The van der Waals surface area contributed by atoms with Crippen LogP contribution in [-0.2, 0) is 6.54 Å². The lowest BCUT2D eigenvalue weighted by Gasteiger charge is -2.26. The summed E-state index contributed by atoms with van der Waals surface area (Å²) in [7, 11) is 0. The second-order valence-corrected chi connectivity index (χ2v) is 7.36. The molecule has 2 aromatic rings. The Morgan fingerprint density at radius 1 is 1.16 bits per heavy atom. The molecule has 134 valence electrons. The minimum Gasteiger partial charge on any atom is -0.489 e. The molecule has 3 heterocycles. The zero-order valence-corrected chi connectivity index (χ0v) is 15.1. The predicted molar refractivity (Wildman–Crippen MR) is 98.4 cm³/mol. The molecule has 2 aliphatic rings. The van der Waals surface area contributed by atoms with E-state index < -0.39 is 0 Å². The Labute approximate surface area is 148 Å². The first-order chi connectivity index (χ1) is 12.2. The molecule has 0 unspecified atom stereocenters. The van der Waals surface area contributed by atoms with Gasteiger partial charge < -0.3 is 9.64 Å². The highest BCUT2D eigenvalue weighted by Crippen LogP contribution is 2.32. The minimum absolute atomic E-state index is 0.167. The van der Waals surface area contributed by atoms with Crippen LogP contribution in [0.3, 0.4) is 0 Å². The second-order valence-electron chi connectivity index (χ2n) is 7.36. The summed E-state index contributed by atoms with van der Waals surface area (Å²) in [6, 6.07) is 4.10. The van der Waals surface area contributed by atoms with Crippen LogP contribution in [-0.4, -0.2) is 46.7 Å². The molecule has 0 amide bonds. The summed E-state index contributed by atoms with van der Waals surface area (Å²) < 4.78 is 7.70. The van der Waals surface area contributed by atoms with Crippen LogP contribution in [0.2, 0.25) is 0 Å². The van der Waals surface area contributed by atoms with Crippen molar-refractivity contribution in [2.75, 3.05) is 26.2 Å². The molecule has 0 radical (unpaired) electrons. The monoisotopic (exact) mass is 341 g/mol. The van der Waals surface area contributed by atoms with Crippen LogP contribution in [0.5, 0.6) is 5.75 Å². The Morgan fingerprint density at radius 2 is 2.00 bits per heavy atom. The number of aromatic nitrogens is 2. The summed E-state index contributed by atoms with van der Waals surface area (Å²) in [5.41, 5.74) is 2.72. The van der Waals surface area contributed by atoms with Gasteiger partial charge in [0.1, 0.15) is 23.6 Å². The molecule has 5 heteroatoms. The highest BCUT2D eigenvalue weighted by atomic mass is 16.5. The summed E-state index contributed by atoms with van der Waals surface area (Å²) in [4.78, 5) is 15.3. The van der Waals surface area contributed by atoms with Crippen molar-refractivity contribution in [2.24, 2.45) is 0 Å². The number of nitrogens with zero attached hydrogens (tertiary/aromatic N) is 3. The lowest BCUT2D eigenvalue weighted by atomic mass is 10.0. The van der Waals surface area contributed by atoms with Gasteiger partial charge in [-0.05, 0) is 69.9 Å². The zero-order chi connectivity index (χ0) is 17.2. The van der Waals surface area contributed by atoms with Gasteiger partial charge in [0.2, 0.25) is 0 Å². The number of ether oxygens (including phenoxy) is 1. The maximum atomic E-state index is 12.8. The molecular formula is C20H27N3O2. The van der Waals surface area contributed by atoms with Gasteiger partial charge in [0.25, 0.3) is 0 Å². The third-order valence-electron chi connectivity index (χ3n) is 5.35. The van der Waals surface area contributed by atoms with Crippen molar-refractivity contribution >= 4 is 16.7 Å². The third-order valence-corrected chi connectivity index (χ3v) is 5.35. The van der Waals surface area contributed by atoms with E-state index in [1.54, 1.807) is 0 Å². The first kappa shape index (κ1) is 16.6. The highest BCUT2D eigenvalue weighted by molar-refractivity contribution is 6.07. The second kappa shape index (κ2) is 7.16. The maximum absolute atomic E-state index is 12.8. The number of piperidine rings is 1. The van der Waals surface area contributed by atoms with Crippen molar-refractivity contribution in [2.45, 2.75) is 52.0 Å². The number of ketones is 1. The van der Waals surface area contributed by atoms with Gasteiger partial charge in [0, 0.05) is 11.8 Å². The molecule has 0 bridgehead atoms. The van der Waals surface area contributed by atoms with E-state index in [0.717, 1.165) is 48.1 Å². The molecule has 0 aliphatic carbocycles.